The van der Waals surface area contributed by atoms with E-state index < -0.39 is 0 Å². The first-order chi connectivity index (χ1) is 11.8. The summed E-state index contributed by atoms with van der Waals surface area (Å²) < 4.78 is 5.10. The molecule has 0 unspecified atom stereocenters. The van der Waals surface area contributed by atoms with Gasteiger partial charge in [-0.3, -0.25) is 4.79 Å². The van der Waals surface area contributed by atoms with E-state index in [4.69, 9.17) is 16.1 Å². The lowest BCUT2D eigenvalue weighted by atomic mass is 10.1. The van der Waals surface area contributed by atoms with Gasteiger partial charge in [-0.2, -0.15) is 0 Å². The van der Waals surface area contributed by atoms with Crippen LogP contribution in [0.25, 0.3) is 0 Å². The Morgan fingerprint density at radius 1 is 1.32 bits per heavy atom. The third-order valence-electron chi connectivity index (χ3n) is 3.30. The lowest BCUT2D eigenvalue weighted by Gasteiger charge is -2.17. The number of carbonyl (C=O) groups is 2. The van der Waals surface area contributed by atoms with Crippen LogP contribution in [0.4, 0.5) is 10.5 Å². The van der Waals surface area contributed by atoms with Crippen LogP contribution in [0.15, 0.2) is 28.8 Å². The Balaban J connectivity index is 2.06. The lowest BCUT2D eigenvalue weighted by Crippen LogP contribution is -2.31. The van der Waals surface area contributed by atoms with Crippen LogP contribution in [-0.4, -0.2) is 35.1 Å². The average Bonchev–Trinajstić information content (AvgIpc) is 2.93. The summed E-state index contributed by atoms with van der Waals surface area (Å²) in [5.74, 6) is 0.296. The summed E-state index contributed by atoms with van der Waals surface area (Å²) in [6.45, 7) is 5.81. The van der Waals surface area contributed by atoms with Gasteiger partial charge < -0.3 is 20.1 Å². The number of urea groups is 1. The van der Waals surface area contributed by atoms with Crippen molar-refractivity contribution in [1.29, 1.82) is 0 Å². The molecule has 25 heavy (non-hydrogen) atoms. The third kappa shape index (κ3) is 5.22. The van der Waals surface area contributed by atoms with Crippen molar-refractivity contribution in [2.75, 3.05) is 12.4 Å². The number of hydrogen-bond donors (Lipinski definition) is 2. The Kier molecular flexibility index (Phi) is 6.03. The number of hydrogen-bond acceptors (Lipinski definition) is 4. The Labute approximate surface area is 151 Å². The molecular formula is C17H21ClN4O3. The van der Waals surface area contributed by atoms with E-state index in [1.54, 1.807) is 31.3 Å². The minimum Gasteiger partial charge on any atom is -0.359 e. The summed E-state index contributed by atoms with van der Waals surface area (Å²) in [7, 11) is 1.63. The molecule has 0 saturated carbocycles. The SMILES string of the molecule is Cc1cc(CN(C)C(=O)Nc2ccc(Cl)c(C(=O)NC(C)C)c2)on1. The van der Waals surface area contributed by atoms with Crippen molar-refractivity contribution in [3.63, 3.8) is 0 Å². The Hall–Kier alpha value is -2.54. The van der Waals surface area contributed by atoms with E-state index in [1.807, 2.05) is 20.8 Å². The van der Waals surface area contributed by atoms with Gasteiger partial charge in [0.05, 0.1) is 22.8 Å². The highest BCUT2D eigenvalue weighted by atomic mass is 35.5. The lowest BCUT2D eigenvalue weighted by molar-refractivity contribution is 0.0943. The number of aryl methyl sites for hydroxylation is 1. The number of carbonyl (C=O) groups excluding carboxylic acids is 2. The van der Waals surface area contributed by atoms with Crippen LogP contribution in [0.5, 0.6) is 0 Å². The average molecular weight is 365 g/mol. The molecule has 2 rings (SSSR count). The van der Waals surface area contributed by atoms with Crippen LogP contribution in [-0.2, 0) is 6.54 Å². The second-order valence-electron chi connectivity index (χ2n) is 6.04. The van der Waals surface area contributed by atoms with E-state index in [-0.39, 0.29) is 24.5 Å². The summed E-state index contributed by atoms with van der Waals surface area (Å²) in [5.41, 5.74) is 1.54. The fourth-order valence-electron chi connectivity index (χ4n) is 2.13. The number of amides is 3. The second kappa shape index (κ2) is 8.02. The molecule has 0 bridgehead atoms. The van der Waals surface area contributed by atoms with Crippen LogP contribution >= 0.6 is 11.6 Å². The van der Waals surface area contributed by atoms with E-state index in [0.717, 1.165) is 5.69 Å². The summed E-state index contributed by atoms with van der Waals surface area (Å²) in [4.78, 5) is 25.9. The summed E-state index contributed by atoms with van der Waals surface area (Å²) >= 11 is 6.08. The van der Waals surface area contributed by atoms with Gasteiger partial charge in [-0.15, -0.1) is 0 Å². The highest BCUT2D eigenvalue weighted by Gasteiger charge is 2.15. The van der Waals surface area contributed by atoms with Gasteiger partial charge in [-0.05, 0) is 39.0 Å². The summed E-state index contributed by atoms with van der Waals surface area (Å²) in [5, 5.41) is 9.61. The van der Waals surface area contributed by atoms with E-state index in [0.29, 0.717) is 22.0 Å². The molecule has 0 fully saturated rings. The van der Waals surface area contributed by atoms with Crippen molar-refractivity contribution in [2.45, 2.75) is 33.4 Å². The Bertz CT molecular complexity index is 773. The van der Waals surface area contributed by atoms with Gasteiger partial charge in [-0.1, -0.05) is 16.8 Å². The highest BCUT2D eigenvalue weighted by Crippen LogP contribution is 2.21. The Morgan fingerprint density at radius 3 is 2.64 bits per heavy atom. The zero-order chi connectivity index (χ0) is 18.6. The van der Waals surface area contributed by atoms with E-state index in [1.165, 1.54) is 4.90 Å². The second-order valence-corrected chi connectivity index (χ2v) is 6.45. The maximum Gasteiger partial charge on any atom is 0.321 e. The number of halogens is 1. The first kappa shape index (κ1) is 18.8. The van der Waals surface area contributed by atoms with Crippen LogP contribution in [0.2, 0.25) is 5.02 Å². The van der Waals surface area contributed by atoms with E-state index in [2.05, 4.69) is 15.8 Å². The standard InChI is InChI=1S/C17H21ClN4O3/c1-10(2)19-16(23)14-8-12(5-6-15(14)18)20-17(24)22(4)9-13-7-11(3)21-25-13/h5-8,10H,9H2,1-4H3,(H,19,23)(H,20,24). The molecule has 1 aromatic carbocycles. The molecule has 1 heterocycles. The molecule has 0 aliphatic heterocycles. The fraction of sp³-hybridized carbons (Fsp3) is 0.353. The number of aromatic nitrogens is 1. The van der Waals surface area contributed by atoms with Crippen LogP contribution in [0.3, 0.4) is 0 Å². The van der Waals surface area contributed by atoms with Crippen molar-refractivity contribution >= 4 is 29.2 Å². The van der Waals surface area contributed by atoms with Crippen LogP contribution in [0, 0.1) is 6.92 Å². The molecule has 0 aliphatic rings. The fourth-order valence-corrected chi connectivity index (χ4v) is 2.34. The highest BCUT2D eigenvalue weighted by molar-refractivity contribution is 6.34. The molecule has 2 aromatic rings. The first-order valence-corrected chi connectivity index (χ1v) is 8.18. The summed E-state index contributed by atoms with van der Waals surface area (Å²) in [6, 6.07) is 6.17. The quantitative estimate of drug-likeness (QED) is 0.850. The molecular weight excluding hydrogens is 344 g/mol. The van der Waals surface area contributed by atoms with Gasteiger partial charge in [0.2, 0.25) is 0 Å². The third-order valence-corrected chi connectivity index (χ3v) is 3.63. The topological polar surface area (TPSA) is 87.5 Å². The first-order valence-electron chi connectivity index (χ1n) is 7.81. The van der Waals surface area contributed by atoms with Crippen molar-refractivity contribution in [2.24, 2.45) is 0 Å². The smallest absolute Gasteiger partial charge is 0.321 e. The van der Waals surface area contributed by atoms with E-state index in [9.17, 15) is 9.59 Å². The van der Waals surface area contributed by atoms with Crippen LogP contribution in [0.1, 0.15) is 35.7 Å². The minimum absolute atomic E-state index is 0.0155. The predicted octanol–water partition coefficient (Wildman–Crippen LogP) is 3.44. The number of anilines is 1. The van der Waals surface area contributed by atoms with Gasteiger partial charge in [0.25, 0.3) is 5.91 Å². The molecule has 8 heteroatoms. The predicted molar refractivity (Wildman–Crippen MR) is 95.8 cm³/mol. The van der Waals surface area contributed by atoms with Crippen LogP contribution < -0.4 is 10.6 Å². The zero-order valence-corrected chi connectivity index (χ0v) is 15.3. The van der Waals surface area contributed by atoms with Gasteiger partial charge in [0, 0.05) is 24.8 Å². The molecule has 0 atom stereocenters. The molecule has 7 nitrogen and oxygen atoms in total. The molecule has 1 aromatic heterocycles. The van der Waals surface area contributed by atoms with Crippen molar-refractivity contribution < 1.29 is 14.1 Å². The number of nitrogens with zero attached hydrogens (tertiary/aromatic N) is 2. The molecule has 2 N–H and O–H groups in total. The van der Waals surface area contributed by atoms with Gasteiger partial charge in [-0.25, -0.2) is 4.79 Å². The molecule has 0 aliphatic carbocycles. The van der Waals surface area contributed by atoms with Gasteiger partial charge in [0.15, 0.2) is 5.76 Å². The minimum atomic E-state index is -0.341. The Morgan fingerprint density at radius 2 is 2.04 bits per heavy atom. The number of rotatable bonds is 5. The molecule has 0 radical (unpaired) electrons. The summed E-state index contributed by atoms with van der Waals surface area (Å²) in [6.07, 6.45) is 0. The van der Waals surface area contributed by atoms with Crippen molar-refractivity contribution in [1.82, 2.24) is 15.4 Å². The number of nitrogens with one attached hydrogen (secondary N) is 2. The molecule has 0 spiro atoms. The van der Waals surface area contributed by atoms with Crippen molar-refractivity contribution in [3.8, 4) is 0 Å². The maximum absolute atomic E-state index is 12.3. The molecule has 134 valence electrons. The van der Waals surface area contributed by atoms with Gasteiger partial charge >= 0.3 is 6.03 Å². The molecule has 3 amide bonds. The normalized spacial score (nSPS) is 10.6. The number of benzene rings is 1. The van der Waals surface area contributed by atoms with E-state index >= 15 is 0 Å². The monoisotopic (exact) mass is 364 g/mol. The zero-order valence-electron chi connectivity index (χ0n) is 14.6. The maximum atomic E-state index is 12.3. The molecule has 0 saturated heterocycles. The van der Waals surface area contributed by atoms with Gasteiger partial charge in [0.1, 0.15) is 0 Å². The van der Waals surface area contributed by atoms with Crippen molar-refractivity contribution in [3.05, 3.63) is 46.3 Å². The largest absolute Gasteiger partial charge is 0.359 e.